The van der Waals surface area contributed by atoms with Crippen LogP contribution >= 0.6 is 0 Å². The first-order valence-electron chi connectivity index (χ1n) is 13.1. The molecule has 12 nitrogen and oxygen atoms in total. The molecule has 0 aromatic carbocycles. The van der Waals surface area contributed by atoms with E-state index in [4.69, 9.17) is 19.8 Å². The lowest BCUT2D eigenvalue weighted by Gasteiger charge is -2.34. The molecular formula is C26H38BN7O5. The van der Waals surface area contributed by atoms with E-state index < -0.39 is 35.9 Å². The smallest absolute Gasteiger partial charge is 0.444 e. The van der Waals surface area contributed by atoms with Crippen molar-refractivity contribution in [3.8, 4) is 0 Å². The fourth-order valence-corrected chi connectivity index (χ4v) is 4.31. The first-order valence-corrected chi connectivity index (χ1v) is 13.1. The van der Waals surface area contributed by atoms with Gasteiger partial charge in [0.05, 0.1) is 22.5 Å². The summed E-state index contributed by atoms with van der Waals surface area (Å²) in [5.41, 5.74) is 5.42. The van der Waals surface area contributed by atoms with Crippen LogP contribution in [0.1, 0.15) is 71.8 Å². The van der Waals surface area contributed by atoms with Gasteiger partial charge in [0.15, 0.2) is 17.3 Å². The van der Waals surface area contributed by atoms with Crippen LogP contribution in [0.25, 0.3) is 0 Å². The van der Waals surface area contributed by atoms with Crippen LogP contribution in [-0.2, 0) is 14.0 Å². The number of piperidine rings is 1. The summed E-state index contributed by atoms with van der Waals surface area (Å²) in [7, 11) is -0.782. The second-order valence-corrected chi connectivity index (χ2v) is 11.8. The summed E-state index contributed by atoms with van der Waals surface area (Å²) in [5.74, 6) is -0.178. The van der Waals surface area contributed by atoms with Gasteiger partial charge in [-0.25, -0.2) is 19.7 Å². The van der Waals surface area contributed by atoms with E-state index in [9.17, 15) is 9.59 Å². The van der Waals surface area contributed by atoms with Gasteiger partial charge in [0, 0.05) is 31.5 Å². The van der Waals surface area contributed by atoms with Gasteiger partial charge in [0.1, 0.15) is 5.60 Å². The highest BCUT2D eigenvalue weighted by atomic mass is 16.7. The van der Waals surface area contributed by atoms with E-state index in [0.29, 0.717) is 24.5 Å². The van der Waals surface area contributed by atoms with Crippen LogP contribution in [0.4, 0.5) is 22.1 Å². The van der Waals surface area contributed by atoms with E-state index in [1.807, 2.05) is 60.6 Å². The Morgan fingerprint density at radius 2 is 1.77 bits per heavy atom. The van der Waals surface area contributed by atoms with Gasteiger partial charge < -0.3 is 35.3 Å². The van der Waals surface area contributed by atoms with E-state index in [1.54, 1.807) is 6.20 Å². The van der Waals surface area contributed by atoms with Gasteiger partial charge in [-0.15, -0.1) is 0 Å². The van der Waals surface area contributed by atoms with Crippen LogP contribution < -0.4 is 26.9 Å². The third-order valence-electron chi connectivity index (χ3n) is 7.10. The SMILES string of the molecule is CC(C)(C)OC(=O)NC1CCN(c2cccnc2NC(=O)c2nc(B3OC(C)(C)C(C)(C)O3)cnc2N)CC1. The molecule has 0 atom stereocenters. The molecule has 2 aromatic heterocycles. The third kappa shape index (κ3) is 6.59. The minimum Gasteiger partial charge on any atom is -0.444 e. The molecule has 13 heteroatoms. The fraction of sp³-hybridized carbons (Fsp3) is 0.577. The summed E-state index contributed by atoms with van der Waals surface area (Å²) < 4.78 is 17.5. The molecule has 210 valence electrons. The highest BCUT2D eigenvalue weighted by Crippen LogP contribution is 2.36. The summed E-state index contributed by atoms with van der Waals surface area (Å²) in [6.07, 6.45) is 4.07. The average molecular weight is 539 g/mol. The Bertz CT molecular complexity index is 1210. The zero-order valence-electron chi connectivity index (χ0n) is 23.7. The Kier molecular flexibility index (Phi) is 7.77. The van der Waals surface area contributed by atoms with Crippen molar-refractivity contribution in [3.63, 3.8) is 0 Å². The lowest BCUT2D eigenvalue weighted by molar-refractivity contribution is 0.00578. The Morgan fingerprint density at radius 1 is 1.13 bits per heavy atom. The van der Waals surface area contributed by atoms with Gasteiger partial charge in [-0.3, -0.25) is 4.79 Å². The first-order chi connectivity index (χ1) is 18.1. The number of carbonyl (C=O) groups excluding carboxylic acids is 2. The number of hydrogen-bond acceptors (Lipinski definition) is 10. The predicted molar refractivity (Wildman–Crippen MR) is 149 cm³/mol. The molecule has 4 heterocycles. The van der Waals surface area contributed by atoms with Crippen molar-refractivity contribution in [2.75, 3.05) is 29.0 Å². The van der Waals surface area contributed by atoms with Crippen LogP contribution in [0.2, 0.25) is 0 Å². The third-order valence-corrected chi connectivity index (χ3v) is 7.10. The maximum Gasteiger partial charge on any atom is 0.516 e. The highest BCUT2D eigenvalue weighted by Gasteiger charge is 2.52. The number of hydrogen-bond donors (Lipinski definition) is 3. The van der Waals surface area contributed by atoms with Gasteiger partial charge >= 0.3 is 13.2 Å². The molecule has 0 spiro atoms. The number of nitrogens with one attached hydrogen (secondary N) is 2. The largest absolute Gasteiger partial charge is 0.516 e. The van der Waals surface area contributed by atoms with E-state index in [2.05, 4.69) is 30.5 Å². The Morgan fingerprint density at radius 3 is 2.38 bits per heavy atom. The number of ether oxygens (including phenoxy) is 1. The van der Waals surface area contributed by atoms with Crippen molar-refractivity contribution < 1.29 is 23.6 Å². The van der Waals surface area contributed by atoms with E-state index >= 15 is 0 Å². The van der Waals surface area contributed by atoms with Crippen LogP contribution in [0.3, 0.4) is 0 Å². The zero-order valence-corrected chi connectivity index (χ0v) is 23.7. The predicted octanol–water partition coefficient (Wildman–Crippen LogP) is 2.50. The quantitative estimate of drug-likeness (QED) is 0.483. The van der Waals surface area contributed by atoms with E-state index in [0.717, 1.165) is 18.5 Å². The van der Waals surface area contributed by atoms with Crippen molar-refractivity contribution in [2.24, 2.45) is 0 Å². The van der Waals surface area contributed by atoms with Crippen LogP contribution in [0, 0.1) is 0 Å². The number of anilines is 3. The maximum atomic E-state index is 13.3. The van der Waals surface area contributed by atoms with Crippen molar-refractivity contribution >= 4 is 42.0 Å². The van der Waals surface area contributed by atoms with Gasteiger partial charge in [0.25, 0.3) is 5.91 Å². The van der Waals surface area contributed by atoms with E-state index in [-0.39, 0.29) is 17.6 Å². The summed E-state index contributed by atoms with van der Waals surface area (Å²) in [6.45, 7) is 14.6. The van der Waals surface area contributed by atoms with Crippen LogP contribution in [0.15, 0.2) is 24.5 Å². The van der Waals surface area contributed by atoms with Crippen molar-refractivity contribution in [3.05, 3.63) is 30.2 Å². The summed E-state index contributed by atoms with van der Waals surface area (Å²) in [6, 6.07) is 3.70. The van der Waals surface area contributed by atoms with Gasteiger partial charge in [-0.2, -0.15) is 0 Å². The molecule has 0 saturated carbocycles. The number of aromatic nitrogens is 3. The minimum atomic E-state index is -0.782. The molecule has 0 unspecified atom stereocenters. The summed E-state index contributed by atoms with van der Waals surface area (Å²) >= 11 is 0. The monoisotopic (exact) mass is 539 g/mol. The number of nitrogen functional groups attached to an aromatic ring is 1. The second-order valence-electron chi connectivity index (χ2n) is 11.8. The Balaban J connectivity index is 1.44. The Hall–Kier alpha value is -3.45. The second kappa shape index (κ2) is 10.6. The lowest BCUT2D eigenvalue weighted by atomic mass is 9.85. The number of pyridine rings is 1. The molecule has 0 bridgehead atoms. The van der Waals surface area contributed by atoms with Gasteiger partial charge in [-0.05, 0) is 73.4 Å². The molecule has 0 aliphatic carbocycles. The minimum absolute atomic E-state index is 0.00129. The standard InChI is InChI=1S/C26H38BN7O5/c1-24(2,3)37-23(36)31-16-10-13-34(14-11-16)17-9-8-12-29-21(17)33-22(35)19-20(28)30-15-18(32-19)27-38-25(4,5)26(6,7)39-27/h8-9,12,15-16H,10-11,13-14H2,1-7H3,(H2,28,30)(H,31,36)(H,29,33,35). The number of nitrogens with zero attached hydrogens (tertiary/aromatic N) is 4. The van der Waals surface area contributed by atoms with Crippen molar-refractivity contribution in [1.82, 2.24) is 20.3 Å². The number of nitrogens with two attached hydrogens (primary N) is 1. The zero-order chi connectivity index (χ0) is 28.6. The number of amides is 2. The average Bonchev–Trinajstić information content (AvgIpc) is 3.05. The maximum absolute atomic E-state index is 13.3. The molecule has 2 aliphatic heterocycles. The van der Waals surface area contributed by atoms with Crippen LogP contribution in [0.5, 0.6) is 0 Å². The fourth-order valence-electron chi connectivity index (χ4n) is 4.31. The number of alkyl carbamates (subject to hydrolysis) is 1. The lowest BCUT2D eigenvalue weighted by Crippen LogP contribution is -2.46. The normalized spacial score (nSPS) is 19.1. The van der Waals surface area contributed by atoms with E-state index in [1.165, 1.54) is 6.20 Å². The molecule has 2 saturated heterocycles. The molecule has 39 heavy (non-hydrogen) atoms. The summed E-state index contributed by atoms with van der Waals surface area (Å²) in [5, 5.41) is 5.78. The van der Waals surface area contributed by atoms with Gasteiger partial charge in [0.2, 0.25) is 0 Å². The topological polar surface area (TPSA) is 154 Å². The molecule has 2 fully saturated rings. The summed E-state index contributed by atoms with van der Waals surface area (Å²) in [4.78, 5) is 40.6. The number of carbonyl (C=O) groups is 2. The molecule has 2 aliphatic rings. The van der Waals surface area contributed by atoms with Crippen molar-refractivity contribution in [1.29, 1.82) is 0 Å². The van der Waals surface area contributed by atoms with Crippen molar-refractivity contribution in [2.45, 2.75) is 84.2 Å². The molecule has 2 aromatic rings. The molecule has 2 amide bonds. The molecule has 0 radical (unpaired) electrons. The Labute approximate surface area is 229 Å². The van der Waals surface area contributed by atoms with Crippen LogP contribution in [-0.4, -0.2) is 70.0 Å². The molecule has 4 rings (SSSR count). The number of rotatable bonds is 5. The molecular weight excluding hydrogens is 501 g/mol. The van der Waals surface area contributed by atoms with Gasteiger partial charge in [-0.1, -0.05) is 0 Å². The first kappa shape index (κ1) is 28.6. The molecule has 4 N–H and O–H groups in total. The highest BCUT2D eigenvalue weighted by molar-refractivity contribution is 6.61.